The molecule has 1 saturated heterocycles. The minimum absolute atomic E-state index is 0.269. The molecule has 1 aromatic carbocycles. The average Bonchev–Trinajstić information content (AvgIpc) is 3.24. The fourth-order valence-electron chi connectivity index (χ4n) is 3.29. The number of nitrogens with zero attached hydrogens (tertiary/aromatic N) is 1. The first-order valence-electron chi connectivity index (χ1n) is 7.85. The summed E-state index contributed by atoms with van der Waals surface area (Å²) >= 11 is 6.22. The number of fused-ring (bicyclic) bond motifs is 1. The largest absolute Gasteiger partial charge is 0.454 e. The van der Waals surface area contributed by atoms with Gasteiger partial charge in [-0.2, -0.15) is 0 Å². The summed E-state index contributed by atoms with van der Waals surface area (Å²) in [5.74, 6) is 1.45. The first kappa shape index (κ1) is 13.7. The van der Waals surface area contributed by atoms with Crippen LogP contribution in [0.15, 0.2) is 12.1 Å². The van der Waals surface area contributed by atoms with Gasteiger partial charge in [0.15, 0.2) is 11.5 Å². The van der Waals surface area contributed by atoms with E-state index in [1.807, 2.05) is 12.1 Å². The maximum atomic E-state index is 6.22. The summed E-state index contributed by atoms with van der Waals surface area (Å²) in [6.45, 7) is 3.59. The molecular formula is C16H21ClN2O2. The molecule has 1 aromatic rings. The number of ether oxygens (including phenoxy) is 2. The predicted molar refractivity (Wildman–Crippen MR) is 82.0 cm³/mol. The smallest absolute Gasteiger partial charge is 0.231 e. The Kier molecular flexibility index (Phi) is 3.69. The summed E-state index contributed by atoms with van der Waals surface area (Å²) in [4.78, 5) is 2.65. The maximum Gasteiger partial charge on any atom is 0.231 e. The second-order valence-electron chi connectivity index (χ2n) is 6.23. The molecular weight excluding hydrogens is 288 g/mol. The quantitative estimate of drug-likeness (QED) is 0.927. The molecule has 21 heavy (non-hydrogen) atoms. The zero-order valence-corrected chi connectivity index (χ0v) is 12.9. The first-order chi connectivity index (χ1) is 10.3. The van der Waals surface area contributed by atoms with Crippen LogP contribution in [0.4, 0.5) is 0 Å². The van der Waals surface area contributed by atoms with Gasteiger partial charge in [-0.15, -0.1) is 0 Å². The maximum absolute atomic E-state index is 6.22. The molecule has 4 rings (SSSR count). The predicted octanol–water partition coefficient (Wildman–Crippen LogP) is 2.79. The lowest BCUT2D eigenvalue weighted by molar-refractivity contribution is 0.174. The minimum atomic E-state index is 0.269. The van der Waals surface area contributed by atoms with Crippen molar-refractivity contribution in [3.8, 4) is 11.5 Å². The van der Waals surface area contributed by atoms with E-state index in [4.69, 9.17) is 21.1 Å². The Morgan fingerprint density at radius 2 is 1.95 bits per heavy atom. The number of likely N-dealkylation sites (tertiary alicyclic amines) is 1. The normalized spacial score (nSPS) is 22.7. The van der Waals surface area contributed by atoms with E-state index in [9.17, 15) is 0 Å². The van der Waals surface area contributed by atoms with E-state index in [-0.39, 0.29) is 6.79 Å². The van der Waals surface area contributed by atoms with E-state index in [0.717, 1.165) is 23.9 Å². The van der Waals surface area contributed by atoms with Crippen LogP contribution in [-0.4, -0.2) is 36.9 Å². The van der Waals surface area contributed by atoms with Gasteiger partial charge in [0.05, 0.1) is 5.02 Å². The molecule has 1 saturated carbocycles. The van der Waals surface area contributed by atoms with Gasteiger partial charge < -0.3 is 19.7 Å². The number of piperidine rings is 1. The summed E-state index contributed by atoms with van der Waals surface area (Å²) < 4.78 is 10.8. The van der Waals surface area contributed by atoms with Gasteiger partial charge in [-0.25, -0.2) is 0 Å². The highest BCUT2D eigenvalue weighted by Gasteiger charge is 2.31. The number of hydrogen-bond donors (Lipinski definition) is 1. The van der Waals surface area contributed by atoms with Crippen LogP contribution >= 0.6 is 11.6 Å². The Balaban J connectivity index is 1.32. The molecule has 1 N–H and O–H groups in total. The molecule has 114 valence electrons. The molecule has 2 heterocycles. The van der Waals surface area contributed by atoms with Gasteiger partial charge in [0.2, 0.25) is 6.79 Å². The Hall–Kier alpha value is -0.970. The number of hydrogen-bond acceptors (Lipinski definition) is 4. The third kappa shape index (κ3) is 2.98. The summed E-state index contributed by atoms with van der Waals surface area (Å²) in [7, 11) is 0. The minimum Gasteiger partial charge on any atom is -0.454 e. The lowest BCUT2D eigenvalue weighted by Crippen LogP contribution is -2.43. The van der Waals surface area contributed by atoms with Gasteiger partial charge in [0.25, 0.3) is 0 Å². The van der Waals surface area contributed by atoms with E-state index < -0.39 is 0 Å². The van der Waals surface area contributed by atoms with E-state index in [1.54, 1.807) is 0 Å². The molecule has 1 aliphatic carbocycles. The number of benzene rings is 1. The van der Waals surface area contributed by atoms with Gasteiger partial charge in [-0.1, -0.05) is 11.6 Å². The highest BCUT2D eigenvalue weighted by atomic mass is 35.5. The fourth-order valence-corrected chi connectivity index (χ4v) is 3.58. The van der Waals surface area contributed by atoms with Crippen LogP contribution in [0, 0.1) is 0 Å². The van der Waals surface area contributed by atoms with Gasteiger partial charge in [-0.3, -0.25) is 0 Å². The number of rotatable bonds is 4. The topological polar surface area (TPSA) is 33.7 Å². The Labute approximate surface area is 130 Å². The summed E-state index contributed by atoms with van der Waals surface area (Å²) in [6.07, 6.45) is 5.31. The van der Waals surface area contributed by atoms with E-state index in [1.165, 1.54) is 38.8 Å². The molecule has 0 unspecified atom stereocenters. The lowest BCUT2D eigenvalue weighted by atomic mass is 10.0. The van der Waals surface area contributed by atoms with Crippen molar-refractivity contribution >= 4 is 11.6 Å². The molecule has 2 fully saturated rings. The van der Waals surface area contributed by atoms with Crippen molar-refractivity contribution in [1.82, 2.24) is 10.2 Å². The third-order valence-electron chi connectivity index (χ3n) is 4.67. The van der Waals surface area contributed by atoms with Crippen molar-refractivity contribution in [3.05, 3.63) is 22.7 Å². The van der Waals surface area contributed by atoms with Crippen molar-refractivity contribution in [3.63, 3.8) is 0 Å². The van der Waals surface area contributed by atoms with E-state index in [0.29, 0.717) is 16.8 Å². The third-order valence-corrected chi connectivity index (χ3v) is 4.96. The molecule has 0 spiro atoms. The molecule has 3 aliphatic rings. The molecule has 0 aromatic heterocycles. The first-order valence-corrected chi connectivity index (χ1v) is 8.23. The average molecular weight is 309 g/mol. The van der Waals surface area contributed by atoms with Crippen LogP contribution in [0.2, 0.25) is 5.02 Å². The Bertz CT molecular complexity index is 525. The van der Waals surface area contributed by atoms with E-state index in [2.05, 4.69) is 10.2 Å². The van der Waals surface area contributed by atoms with Crippen molar-refractivity contribution in [2.45, 2.75) is 44.3 Å². The highest BCUT2D eigenvalue weighted by molar-refractivity contribution is 6.32. The lowest BCUT2D eigenvalue weighted by Gasteiger charge is -2.32. The summed E-state index contributed by atoms with van der Waals surface area (Å²) in [5, 5.41) is 4.30. The molecule has 0 bridgehead atoms. The van der Waals surface area contributed by atoms with Gasteiger partial charge in [0.1, 0.15) is 0 Å². The molecule has 0 radical (unpaired) electrons. The van der Waals surface area contributed by atoms with Gasteiger partial charge in [-0.05, 0) is 56.5 Å². The van der Waals surface area contributed by atoms with Crippen LogP contribution < -0.4 is 14.8 Å². The molecule has 0 amide bonds. The molecule has 4 nitrogen and oxygen atoms in total. The Morgan fingerprint density at radius 1 is 1.14 bits per heavy atom. The second-order valence-corrected chi connectivity index (χ2v) is 6.64. The van der Waals surface area contributed by atoms with Crippen LogP contribution in [0.1, 0.15) is 31.2 Å². The molecule has 0 atom stereocenters. The van der Waals surface area contributed by atoms with Crippen LogP contribution in [0.25, 0.3) is 0 Å². The summed E-state index contributed by atoms with van der Waals surface area (Å²) in [6, 6.07) is 5.52. The fraction of sp³-hybridized carbons (Fsp3) is 0.625. The monoisotopic (exact) mass is 308 g/mol. The van der Waals surface area contributed by atoms with Crippen molar-refractivity contribution in [2.75, 3.05) is 19.9 Å². The molecule has 2 aliphatic heterocycles. The zero-order chi connectivity index (χ0) is 14.2. The van der Waals surface area contributed by atoms with Crippen molar-refractivity contribution in [1.29, 1.82) is 0 Å². The SMILES string of the molecule is Clc1cc(CNC2CCN(C3CC3)CC2)cc2c1OCO2. The van der Waals surface area contributed by atoms with Crippen LogP contribution in [-0.2, 0) is 6.54 Å². The van der Waals surface area contributed by atoms with Crippen LogP contribution in [0.5, 0.6) is 11.5 Å². The summed E-state index contributed by atoms with van der Waals surface area (Å²) in [5.41, 5.74) is 1.16. The zero-order valence-electron chi connectivity index (χ0n) is 12.1. The second kappa shape index (κ2) is 5.67. The molecule has 5 heteroatoms. The number of halogens is 1. The van der Waals surface area contributed by atoms with Gasteiger partial charge >= 0.3 is 0 Å². The standard InChI is InChI=1S/C16H21ClN2O2/c17-14-7-11(8-15-16(14)21-10-20-15)9-18-12-3-5-19(6-4-12)13-1-2-13/h7-8,12-13,18H,1-6,9-10H2. The van der Waals surface area contributed by atoms with Crippen molar-refractivity contribution in [2.24, 2.45) is 0 Å². The highest BCUT2D eigenvalue weighted by Crippen LogP contribution is 2.39. The van der Waals surface area contributed by atoms with Gasteiger partial charge in [0, 0.05) is 18.6 Å². The van der Waals surface area contributed by atoms with Crippen LogP contribution in [0.3, 0.4) is 0 Å². The Morgan fingerprint density at radius 3 is 2.71 bits per heavy atom. The number of nitrogens with one attached hydrogen (secondary N) is 1. The van der Waals surface area contributed by atoms with Crippen molar-refractivity contribution < 1.29 is 9.47 Å². The van der Waals surface area contributed by atoms with E-state index >= 15 is 0 Å².